The van der Waals surface area contributed by atoms with Crippen LogP contribution in [0.15, 0.2) is 18.2 Å². The molecule has 0 amide bonds. The number of fused-ring (bicyclic) bond motifs is 3. The van der Waals surface area contributed by atoms with E-state index in [9.17, 15) is 0 Å². The van der Waals surface area contributed by atoms with Crippen LogP contribution in [0.25, 0.3) is 0 Å². The van der Waals surface area contributed by atoms with Crippen LogP contribution in [0, 0.1) is 6.92 Å². The van der Waals surface area contributed by atoms with Crippen LogP contribution in [0.5, 0.6) is 0 Å². The fourth-order valence-corrected chi connectivity index (χ4v) is 5.26. The van der Waals surface area contributed by atoms with Crippen molar-refractivity contribution < 1.29 is 4.74 Å². The van der Waals surface area contributed by atoms with E-state index in [1.54, 1.807) is 7.11 Å². The van der Waals surface area contributed by atoms with Gasteiger partial charge in [-0.3, -0.25) is 5.32 Å². The third kappa shape index (κ3) is 3.35. The fourth-order valence-electron chi connectivity index (χ4n) is 5.08. The van der Waals surface area contributed by atoms with Crippen LogP contribution in [0.4, 0.5) is 11.5 Å². The molecule has 30 heavy (non-hydrogen) atoms. The molecule has 6 nitrogen and oxygen atoms in total. The first-order valence-corrected chi connectivity index (χ1v) is 11.3. The van der Waals surface area contributed by atoms with Gasteiger partial charge in [-0.15, -0.1) is 0 Å². The number of halogens is 1. The highest BCUT2D eigenvalue weighted by atomic mass is 35.5. The van der Waals surface area contributed by atoms with Crippen molar-refractivity contribution in [2.24, 2.45) is 0 Å². The summed E-state index contributed by atoms with van der Waals surface area (Å²) in [5.74, 6) is 1.51. The maximum Gasteiger partial charge on any atom is 0.224 e. The zero-order chi connectivity index (χ0) is 21.0. The van der Waals surface area contributed by atoms with Crippen LogP contribution in [0.3, 0.4) is 0 Å². The lowest BCUT2D eigenvalue weighted by Gasteiger charge is -2.56. The molecule has 7 heteroatoms. The predicted octanol–water partition coefficient (Wildman–Crippen LogP) is 4.00. The van der Waals surface area contributed by atoms with Crippen molar-refractivity contribution in [3.8, 4) is 0 Å². The highest BCUT2D eigenvalue weighted by Crippen LogP contribution is 2.39. The lowest BCUT2D eigenvalue weighted by Crippen LogP contribution is -2.75. The lowest BCUT2D eigenvalue weighted by molar-refractivity contribution is 0.00710. The minimum absolute atomic E-state index is 0.255. The van der Waals surface area contributed by atoms with Gasteiger partial charge in [0, 0.05) is 50.7 Å². The van der Waals surface area contributed by atoms with Gasteiger partial charge in [-0.2, -0.15) is 0 Å². The molecule has 6 rings (SSSR count). The molecule has 160 valence electrons. The number of hydrogen-bond donors (Lipinski definition) is 1. The molecule has 0 radical (unpaired) electrons. The Hall–Kier alpha value is -1.89. The minimum Gasteiger partial charge on any atom is -0.381 e. The first kappa shape index (κ1) is 20.0. The van der Waals surface area contributed by atoms with Gasteiger partial charge in [-0.05, 0) is 41.6 Å². The number of nitrogens with zero attached hydrogens (tertiary/aromatic N) is 4. The highest BCUT2D eigenvalue weighted by molar-refractivity contribution is 6.28. The molecule has 0 aliphatic carbocycles. The summed E-state index contributed by atoms with van der Waals surface area (Å²) in [5.41, 5.74) is 6.31. The number of piperidine rings is 2. The molecule has 1 N–H and O–H groups in total. The molecule has 1 unspecified atom stereocenters. The standard InChI is InChI=1S/C23H30ClN5O/c1-13(2)15-6-5-14(3)19(9-15)28-8-7-18-17(12-28)22(27-23(24)25-18)29-20-10-16(30-4)11-21(29)26-20/h5-6,9,13,16,20-21,26H,7-8,10-12H2,1-4H3/t16?,20-,21+. The Kier molecular flexibility index (Phi) is 5.12. The van der Waals surface area contributed by atoms with Crippen molar-refractivity contribution in [2.75, 3.05) is 23.5 Å². The van der Waals surface area contributed by atoms with E-state index in [1.807, 2.05) is 0 Å². The number of ether oxygens (including phenoxy) is 1. The third-order valence-corrected chi connectivity index (χ3v) is 7.03. The molecular formula is C23H30ClN5O. The number of rotatable bonds is 4. The van der Waals surface area contributed by atoms with E-state index in [2.05, 4.69) is 59.1 Å². The Labute approximate surface area is 183 Å². The Morgan fingerprint density at radius 3 is 2.67 bits per heavy atom. The molecule has 5 heterocycles. The summed E-state index contributed by atoms with van der Waals surface area (Å²) in [7, 11) is 1.80. The largest absolute Gasteiger partial charge is 0.381 e. The summed E-state index contributed by atoms with van der Waals surface area (Å²) < 4.78 is 5.60. The summed E-state index contributed by atoms with van der Waals surface area (Å²) in [4.78, 5) is 14.2. The highest BCUT2D eigenvalue weighted by Gasteiger charge is 2.47. The van der Waals surface area contributed by atoms with Crippen LogP contribution in [-0.4, -0.2) is 42.1 Å². The minimum atomic E-state index is 0.255. The van der Waals surface area contributed by atoms with Gasteiger partial charge in [0.25, 0.3) is 0 Å². The molecule has 4 aliphatic heterocycles. The van der Waals surface area contributed by atoms with E-state index in [4.69, 9.17) is 21.3 Å². The molecule has 4 aliphatic rings. The van der Waals surface area contributed by atoms with E-state index in [0.717, 1.165) is 43.9 Å². The van der Waals surface area contributed by atoms with Crippen LogP contribution in [0.1, 0.15) is 55.0 Å². The number of anilines is 2. The van der Waals surface area contributed by atoms with Crippen LogP contribution in [-0.2, 0) is 17.7 Å². The zero-order valence-corrected chi connectivity index (χ0v) is 18.9. The Balaban J connectivity index is 1.48. The molecule has 3 saturated heterocycles. The van der Waals surface area contributed by atoms with Gasteiger partial charge < -0.3 is 14.5 Å². The average molecular weight is 428 g/mol. The van der Waals surface area contributed by atoms with Crippen molar-refractivity contribution >= 4 is 23.1 Å². The van der Waals surface area contributed by atoms with Gasteiger partial charge in [-0.1, -0.05) is 26.0 Å². The summed E-state index contributed by atoms with van der Waals surface area (Å²) in [5, 5.41) is 3.97. The molecule has 0 spiro atoms. The predicted molar refractivity (Wildman–Crippen MR) is 120 cm³/mol. The lowest BCUT2D eigenvalue weighted by atomic mass is 9.93. The van der Waals surface area contributed by atoms with Crippen molar-refractivity contribution in [1.82, 2.24) is 15.3 Å². The fraction of sp³-hybridized carbons (Fsp3) is 0.565. The summed E-state index contributed by atoms with van der Waals surface area (Å²) in [6.45, 7) is 8.45. The molecular weight excluding hydrogens is 398 g/mol. The molecule has 1 aromatic heterocycles. The summed E-state index contributed by atoms with van der Waals surface area (Å²) in [6.07, 6.45) is 3.62. The normalized spacial score (nSPS) is 25.3. The van der Waals surface area contributed by atoms with Gasteiger partial charge >= 0.3 is 0 Å². The van der Waals surface area contributed by atoms with Crippen molar-refractivity contribution in [2.45, 2.75) is 70.9 Å². The maximum absolute atomic E-state index is 6.35. The zero-order valence-electron chi connectivity index (χ0n) is 18.2. The second-order valence-corrected chi connectivity index (χ2v) is 9.39. The number of methoxy groups -OCH3 is 1. The Morgan fingerprint density at radius 1 is 1.20 bits per heavy atom. The SMILES string of the molecule is COC1C[C@@H]2N[C@H](C1)N2c1nc(Cl)nc2c1CN(c1cc(C(C)C)ccc1C)CC2. The van der Waals surface area contributed by atoms with Crippen LogP contribution >= 0.6 is 11.6 Å². The Bertz CT molecular complexity index is 953. The van der Waals surface area contributed by atoms with Crippen LogP contribution < -0.4 is 15.1 Å². The van der Waals surface area contributed by atoms with Crippen molar-refractivity contribution in [1.29, 1.82) is 0 Å². The summed E-state index contributed by atoms with van der Waals surface area (Å²) >= 11 is 6.35. The second kappa shape index (κ2) is 7.66. The maximum atomic E-state index is 6.35. The number of aryl methyl sites for hydroxylation is 1. The number of nitrogens with one attached hydrogen (secondary N) is 1. The number of aromatic nitrogens is 2. The van der Waals surface area contributed by atoms with Gasteiger partial charge in [0.15, 0.2) is 0 Å². The summed E-state index contributed by atoms with van der Waals surface area (Å²) in [6, 6.07) is 6.84. The smallest absolute Gasteiger partial charge is 0.224 e. The molecule has 3 fully saturated rings. The molecule has 3 atom stereocenters. The average Bonchev–Trinajstić information content (AvgIpc) is 2.73. The monoisotopic (exact) mass is 427 g/mol. The quantitative estimate of drug-likeness (QED) is 0.744. The Morgan fingerprint density at radius 2 is 1.97 bits per heavy atom. The second-order valence-electron chi connectivity index (χ2n) is 9.05. The van der Waals surface area contributed by atoms with Gasteiger partial charge in [0.2, 0.25) is 5.28 Å². The van der Waals surface area contributed by atoms with Crippen molar-refractivity contribution in [3.63, 3.8) is 0 Å². The van der Waals surface area contributed by atoms with Crippen molar-refractivity contribution in [3.05, 3.63) is 45.9 Å². The van der Waals surface area contributed by atoms with E-state index in [1.165, 1.54) is 22.4 Å². The molecule has 0 saturated carbocycles. The first-order valence-electron chi connectivity index (χ1n) is 10.9. The van der Waals surface area contributed by atoms with E-state index < -0.39 is 0 Å². The van der Waals surface area contributed by atoms with E-state index in [0.29, 0.717) is 17.3 Å². The third-order valence-electron chi connectivity index (χ3n) is 6.86. The van der Waals surface area contributed by atoms with Gasteiger partial charge in [0.05, 0.1) is 24.1 Å². The molecule has 2 bridgehead atoms. The van der Waals surface area contributed by atoms with E-state index >= 15 is 0 Å². The number of hydrogen-bond acceptors (Lipinski definition) is 6. The molecule has 2 aromatic rings. The first-order chi connectivity index (χ1) is 14.4. The topological polar surface area (TPSA) is 53.5 Å². The van der Waals surface area contributed by atoms with Gasteiger partial charge in [-0.25, -0.2) is 9.97 Å². The number of benzene rings is 1. The van der Waals surface area contributed by atoms with Crippen LogP contribution in [0.2, 0.25) is 5.28 Å². The molecule has 1 aromatic carbocycles. The van der Waals surface area contributed by atoms with Gasteiger partial charge in [0.1, 0.15) is 5.82 Å². The van der Waals surface area contributed by atoms with E-state index in [-0.39, 0.29) is 12.3 Å².